The topological polar surface area (TPSA) is 64.0 Å². The number of aromatic nitrogens is 2. The van der Waals surface area contributed by atoms with Gasteiger partial charge in [0.1, 0.15) is 0 Å². The molecule has 1 aromatic heterocycles. The van der Waals surface area contributed by atoms with E-state index in [-0.39, 0.29) is 17.2 Å². The van der Waals surface area contributed by atoms with E-state index in [0.717, 1.165) is 0 Å². The van der Waals surface area contributed by atoms with E-state index in [4.69, 9.17) is 0 Å². The van der Waals surface area contributed by atoms with Crippen molar-refractivity contribution in [2.45, 2.75) is 32.5 Å². The van der Waals surface area contributed by atoms with E-state index in [1.807, 2.05) is 25.1 Å². The molecule has 22 heavy (non-hydrogen) atoms. The number of hydrogen-bond donors (Lipinski definition) is 1. The molecule has 0 radical (unpaired) electrons. The van der Waals surface area contributed by atoms with Gasteiger partial charge in [0, 0.05) is 13.1 Å². The molecular formula is C16H21N3O2S. The van der Waals surface area contributed by atoms with Crippen LogP contribution in [0.15, 0.2) is 34.2 Å². The zero-order chi connectivity index (χ0) is 16.1. The average molecular weight is 319 g/mol. The van der Waals surface area contributed by atoms with E-state index in [9.17, 15) is 9.59 Å². The third-order valence-electron chi connectivity index (χ3n) is 3.08. The van der Waals surface area contributed by atoms with Crippen molar-refractivity contribution in [2.24, 2.45) is 5.92 Å². The van der Waals surface area contributed by atoms with Crippen LogP contribution in [0.2, 0.25) is 0 Å². The summed E-state index contributed by atoms with van der Waals surface area (Å²) in [5.74, 6) is 0.534. The third kappa shape index (κ3) is 3.88. The fourth-order valence-electron chi connectivity index (χ4n) is 2.16. The number of carbonyl (C=O) groups is 1. The first-order chi connectivity index (χ1) is 10.5. The van der Waals surface area contributed by atoms with Gasteiger partial charge >= 0.3 is 0 Å². The Labute approximate surface area is 134 Å². The maximum Gasteiger partial charge on any atom is 0.262 e. The van der Waals surface area contributed by atoms with E-state index < -0.39 is 0 Å². The van der Waals surface area contributed by atoms with Gasteiger partial charge in [-0.3, -0.25) is 14.2 Å². The number of para-hydroxylation sites is 1. The number of nitrogens with zero attached hydrogens (tertiary/aromatic N) is 2. The molecule has 118 valence electrons. The molecule has 1 amide bonds. The van der Waals surface area contributed by atoms with Crippen LogP contribution in [0.25, 0.3) is 10.9 Å². The van der Waals surface area contributed by atoms with Gasteiger partial charge in [0.25, 0.3) is 5.56 Å². The number of nitrogens with one attached hydrogen (secondary N) is 1. The first-order valence-corrected chi connectivity index (χ1v) is 8.40. The molecule has 0 aliphatic rings. The SMILES string of the molecule is CCNC(=O)CSc1nc2ccccc2c(=O)n1CC(C)C. The Morgan fingerprint density at radius 1 is 1.36 bits per heavy atom. The van der Waals surface area contributed by atoms with Crippen LogP contribution in [0.5, 0.6) is 0 Å². The van der Waals surface area contributed by atoms with Gasteiger partial charge in [0.05, 0.1) is 16.7 Å². The van der Waals surface area contributed by atoms with Crippen molar-refractivity contribution in [3.8, 4) is 0 Å². The van der Waals surface area contributed by atoms with Gasteiger partial charge in [-0.15, -0.1) is 0 Å². The zero-order valence-corrected chi connectivity index (χ0v) is 13.9. The summed E-state index contributed by atoms with van der Waals surface area (Å²) in [4.78, 5) is 28.9. The molecule has 2 rings (SSSR count). The molecule has 0 saturated heterocycles. The molecule has 1 heterocycles. The molecule has 0 aliphatic carbocycles. The van der Waals surface area contributed by atoms with Gasteiger partial charge in [-0.1, -0.05) is 37.7 Å². The minimum Gasteiger partial charge on any atom is -0.356 e. The summed E-state index contributed by atoms with van der Waals surface area (Å²) in [6, 6.07) is 7.32. The Morgan fingerprint density at radius 2 is 2.09 bits per heavy atom. The van der Waals surface area contributed by atoms with E-state index in [0.29, 0.717) is 35.1 Å². The van der Waals surface area contributed by atoms with Crippen molar-refractivity contribution in [1.29, 1.82) is 0 Å². The van der Waals surface area contributed by atoms with Crippen LogP contribution in [0, 0.1) is 5.92 Å². The van der Waals surface area contributed by atoms with Crippen LogP contribution in [-0.4, -0.2) is 27.8 Å². The minimum atomic E-state index is -0.0500. The number of carbonyl (C=O) groups excluding carboxylic acids is 1. The van der Waals surface area contributed by atoms with Crippen LogP contribution in [0.3, 0.4) is 0 Å². The quantitative estimate of drug-likeness (QED) is 0.655. The highest BCUT2D eigenvalue weighted by molar-refractivity contribution is 7.99. The van der Waals surface area contributed by atoms with E-state index in [2.05, 4.69) is 24.1 Å². The first-order valence-electron chi connectivity index (χ1n) is 7.42. The summed E-state index contributed by atoms with van der Waals surface area (Å²) in [6.07, 6.45) is 0. The molecule has 0 saturated carbocycles. The van der Waals surface area contributed by atoms with Gasteiger partial charge in [-0.2, -0.15) is 0 Å². The fourth-order valence-corrected chi connectivity index (χ4v) is 3.00. The average Bonchev–Trinajstić information content (AvgIpc) is 2.48. The van der Waals surface area contributed by atoms with E-state index in [1.54, 1.807) is 10.6 Å². The Hall–Kier alpha value is -1.82. The number of rotatable bonds is 6. The standard InChI is InChI=1S/C16H21N3O2S/c1-4-17-14(20)10-22-16-18-13-8-6-5-7-12(13)15(21)19(16)9-11(2)3/h5-8,11H,4,9-10H2,1-3H3,(H,17,20). The molecule has 0 spiro atoms. The number of fused-ring (bicyclic) bond motifs is 1. The van der Waals surface area contributed by atoms with Gasteiger partial charge in [-0.25, -0.2) is 4.98 Å². The fraction of sp³-hybridized carbons (Fsp3) is 0.438. The van der Waals surface area contributed by atoms with Crippen molar-refractivity contribution in [3.63, 3.8) is 0 Å². The van der Waals surface area contributed by atoms with Crippen molar-refractivity contribution < 1.29 is 4.79 Å². The first kappa shape index (κ1) is 16.5. The van der Waals surface area contributed by atoms with Crippen molar-refractivity contribution in [1.82, 2.24) is 14.9 Å². The second-order valence-corrected chi connectivity index (χ2v) is 6.41. The lowest BCUT2D eigenvalue weighted by Gasteiger charge is -2.14. The summed E-state index contributed by atoms with van der Waals surface area (Å²) in [5.41, 5.74) is 0.628. The summed E-state index contributed by atoms with van der Waals surface area (Å²) < 4.78 is 1.68. The molecule has 0 atom stereocenters. The normalized spacial score (nSPS) is 11.1. The third-order valence-corrected chi connectivity index (χ3v) is 4.06. The van der Waals surface area contributed by atoms with Crippen molar-refractivity contribution >= 4 is 28.6 Å². The maximum absolute atomic E-state index is 12.7. The number of hydrogen-bond acceptors (Lipinski definition) is 4. The highest BCUT2D eigenvalue weighted by atomic mass is 32.2. The molecule has 5 nitrogen and oxygen atoms in total. The summed E-state index contributed by atoms with van der Waals surface area (Å²) in [6.45, 7) is 7.18. The smallest absolute Gasteiger partial charge is 0.262 e. The second-order valence-electron chi connectivity index (χ2n) is 5.46. The maximum atomic E-state index is 12.7. The molecule has 0 bridgehead atoms. The number of thioether (sulfide) groups is 1. The van der Waals surface area contributed by atoms with Gasteiger partial charge in [0.2, 0.25) is 5.91 Å². The summed E-state index contributed by atoms with van der Waals surface area (Å²) in [7, 11) is 0. The van der Waals surface area contributed by atoms with Gasteiger partial charge in [-0.05, 0) is 25.0 Å². The molecule has 1 N–H and O–H groups in total. The Bertz CT molecular complexity index is 725. The molecule has 0 fully saturated rings. The lowest BCUT2D eigenvalue weighted by Crippen LogP contribution is -2.27. The molecule has 0 aliphatic heterocycles. The zero-order valence-electron chi connectivity index (χ0n) is 13.1. The second kappa shape index (κ2) is 7.45. The van der Waals surface area contributed by atoms with E-state index >= 15 is 0 Å². The van der Waals surface area contributed by atoms with Crippen LogP contribution in [0.4, 0.5) is 0 Å². The van der Waals surface area contributed by atoms with Crippen LogP contribution >= 0.6 is 11.8 Å². The van der Waals surface area contributed by atoms with Gasteiger partial charge in [0.15, 0.2) is 5.16 Å². The molecule has 2 aromatic rings. The molecule has 6 heteroatoms. The minimum absolute atomic E-state index is 0.0438. The van der Waals surface area contributed by atoms with Crippen LogP contribution in [-0.2, 0) is 11.3 Å². The lowest BCUT2D eigenvalue weighted by atomic mass is 10.2. The Morgan fingerprint density at radius 3 is 2.77 bits per heavy atom. The number of benzene rings is 1. The lowest BCUT2D eigenvalue weighted by molar-refractivity contribution is -0.118. The van der Waals surface area contributed by atoms with Crippen molar-refractivity contribution in [3.05, 3.63) is 34.6 Å². The Kier molecular flexibility index (Phi) is 5.60. The Balaban J connectivity index is 2.41. The predicted octanol–water partition coefficient (Wildman–Crippen LogP) is 2.28. The summed E-state index contributed by atoms with van der Waals surface area (Å²) in [5, 5.41) is 3.97. The summed E-state index contributed by atoms with van der Waals surface area (Å²) >= 11 is 1.31. The van der Waals surface area contributed by atoms with Crippen LogP contribution < -0.4 is 10.9 Å². The van der Waals surface area contributed by atoms with Crippen molar-refractivity contribution in [2.75, 3.05) is 12.3 Å². The van der Waals surface area contributed by atoms with Gasteiger partial charge < -0.3 is 5.32 Å². The monoisotopic (exact) mass is 319 g/mol. The molecular weight excluding hydrogens is 298 g/mol. The highest BCUT2D eigenvalue weighted by Gasteiger charge is 2.13. The largest absolute Gasteiger partial charge is 0.356 e. The molecule has 0 unspecified atom stereocenters. The molecule has 1 aromatic carbocycles. The van der Waals surface area contributed by atoms with Crippen LogP contribution in [0.1, 0.15) is 20.8 Å². The highest BCUT2D eigenvalue weighted by Crippen LogP contribution is 2.18. The number of amides is 1. The predicted molar refractivity (Wildman–Crippen MR) is 90.2 cm³/mol. The van der Waals surface area contributed by atoms with E-state index in [1.165, 1.54) is 11.8 Å².